The van der Waals surface area contributed by atoms with E-state index in [4.69, 9.17) is 0 Å². The summed E-state index contributed by atoms with van der Waals surface area (Å²) in [5.41, 5.74) is 0. The predicted molar refractivity (Wildman–Crippen MR) is 70.7 cm³/mol. The molecule has 0 spiro atoms. The molecule has 1 N–H and O–H groups in total. The van der Waals surface area contributed by atoms with Gasteiger partial charge in [0, 0.05) is 36.7 Å². The molecular weight excluding hydrogens is 204 g/mol. The minimum Gasteiger partial charge on any atom is -0.315 e. The second-order valence-electron chi connectivity index (χ2n) is 4.80. The zero-order chi connectivity index (χ0) is 11.3. The van der Waals surface area contributed by atoms with Crippen molar-refractivity contribution in [1.29, 1.82) is 0 Å². The van der Waals surface area contributed by atoms with E-state index in [9.17, 15) is 0 Å². The Morgan fingerprint density at radius 3 is 2.73 bits per heavy atom. The highest BCUT2D eigenvalue weighted by molar-refractivity contribution is 7.99. The van der Waals surface area contributed by atoms with E-state index < -0.39 is 0 Å². The highest BCUT2D eigenvalue weighted by atomic mass is 32.2. The van der Waals surface area contributed by atoms with Gasteiger partial charge < -0.3 is 5.32 Å². The molecule has 1 rings (SSSR count). The molecule has 90 valence electrons. The van der Waals surface area contributed by atoms with Crippen molar-refractivity contribution in [1.82, 2.24) is 10.2 Å². The molecule has 2 nitrogen and oxygen atoms in total. The number of thioether (sulfide) groups is 1. The largest absolute Gasteiger partial charge is 0.315 e. The van der Waals surface area contributed by atoms with Crippen molar-refractivity contribution in [2.45, 2.75) is 39.0 Å². The van der Waals surface area contributed by atoms with Crippen LogP contribution in [0.4, 0.5) is 0 Å². The maximum Gasteiger partial charge on any atom is 0.0244 e. The molecule has 0 aromatic rings. The van der Waals surface area contributed by atoms with E-state index in [1.165, 1.54) is 18.8 Å². The van der Waals surface area contributed by atoms with E-state index in [-0.39, 0.29) is 0 Å². The van der Waals surface area contributed by atoms with Crippen LogP contribution in [0.15, 0.2) is 0 Å². The van der Waals surface area contributed by atoms with E-state index in [1.807, 2.05) is 0 Å². The minimum atomic E-state index is 0.716. The molecule has 15 heavy (non-hydrogen) atoms. The first-order chi connectivity index (χ1) is 7.15. The fourth-order valence-electron chi connectivity index (χ4n) is 2.23. The summed E-state index contributed by atoms with van der Waals surface area (Å²) < 4.78 is 0. The number of nitrogens with zero attached hydrogens (tertiary/aromatic N) is 1. The molecular formula is C12H26N2S. The van der Waals surface area contributed by atoms with Crippen LogP contribution in [0.25, 0.3) is 0 Å². The monoisotopic (exact) mass is 230 g/mol. The Morgan fingerprint density at radius 1 is 1.47 bits per heavy atom. The van der Waals surface area contributed by atoms with E-state index in [0.717, 1.165) is 24.3 Å². The van der Waals surface area contributed by atoms with E-state index in [1.54, 1.807) is 0 Å². The maximum atomic E-state index is 3.49. The lowest BCUT2D eigenvalue weighted by Gasteiger charge is -2.39. The molecule has 1 aliphatic heterocycles. The molecule has 1 saturated heterocycles. The zero-order valence-corrected chi connectivity index (χ0v) is 11.4. The highest BCUT2D eigenvalue weighted by Gasteiger charge is 2.25. The van der Waals surface area contributed by atoms with Crippen molar-refractivity contribution >= 4 is 11.8 Å². The van der Waals surface area contributed by atoms with Gasteiger partial charge in [-0.3, -0.25) is 4.90 Å². The molecule has 1 fully saturated rings. The van der Waals surface area contributed by atoms with Gasteiger partial charge in [0.25, 0.3) is 0 Å². The van der Waals surface area contributed by atoms with Crippen LogP contribution in [0.1, 0.15) is 27.7 Å². The quantitative estimate of drug-likeness (QED) is 0.778. The van der Waals surface area contributed by atoms with Gasteiger partial charge in [0.2, 0.25) is 0 Å². The van der Waals surface area contributed by atoms with E-state index in [2.05, 4.69) is 49.7 Å². The van der Waals surface area contributed by atoms with Gasteiger partial charge in [0.05, 0.1) is 0 Å². The normalized spacial score (nSPS) is 25.8. The zero-order valence-electron chi connectivity index (χ0n) is 10.6. The Bertz CT molecular complexity index is 173. The van der Waals surface area contributed by atoms with E-state index >= 15 is 0 Å². The molecule has 1 aliphatic rings. The minimum absolute atomic E-state index is 0.716. The molecule has 0 radical (unpaired) electrons. The molecule has 2 unspecified atom stereocenters. The highest BCUT2D eigenvalue weighted by Crippen LogP contribution is 2.21. The standard InChI is InChI=1S/C12H26N2S/c1-5-13-8-12(10(2)3)14-6-7-15-11(4)9-14/h10-13H,5-9H2,1-4H3. The summed E-state index contributed by atoms with van der Waals surface area (Å²) in [5.74, 6) is 2.05. The molecule has 0 aromatic heterocycles. The number of nitrogens with one attached hydrogen (secondary N) is 1. The fraction of sp³-hybridized carbons (Fsp3) is 1.00. The van der Waals surface area contributed by atoms with Crippen molar-refractivity contribution in [2.24, 2.45) is 5.92 Å². The Morgan fingerprint density at radius 2 is 2.20 bits per heavy atom. The molecule has 2 atom stereocenters. The number of hydrogen-bond donors (Lipinski definition) is 1. The van der Waals surface area contributed by atoms with Crippen LogP contribution in [-0.4, -0.2) is 48.1 Å². The lowest BCUT2D eigenvalue weighted by atomic mass is 10.0. The Kier molecular flexibility index (Phi) is 6.02. The van der Waals surface area contributed by atoms with Gasteiger partial charge in [-0.2, -0.15) is 11.8 Å². The van der Waals surface area contributed by atoms with E-state index in [0.29, 0.717) is 6.04 Å². The van der Waals surface area contributed by atoms with Gasteiger partial charge in [-0.15, -0.1) is 0 Å². The third-order valence-corrected chi connectivity index (χ3v) is 4.25. The molecule has 1 heterocycles. The Labute approximate surface area is 99.2 Å². The van der Waals surface area contributed by atoms with Crippen LogP contribution in [-0.2, 0) is 0 Å². The summed E-state index contributed by atoms with van der Waals surface area (Å²) in [4.78, 5) is 2.68. The van der Waals surface area contributed by atoms with Crippen molar-refractivity contribution in [3.8, 4) is 0 Å². The summed E-state index contributed by atoms with van der Waals surface area (Å²) in [6.07, 6.45) is 0. The number of hydrogen-bond acceptors (Lipinski definition) is 3. The van der Waals surface area contributed by atoms with Crippen LogP contribution in [0.5, 0.6) is 0 Å². The topological polar surface area (TPSA) is 15.3 Å². The summed E-state index contributed by atoms with van der Waals surface area (Å²) >= 11 is 2.11. The summed E-state index contributed by atoms with van der Waals surface area (Å²) in [6, 6.07) is 0.716. The third-order valence-electron chi connectivity index (χ3n) is 3.11. The Hall–Kier alpha value is 0.270. The summed E-state index contributed by atoms with van der Waals surface area (Å²) in [5, 5.41) is 4.30. The van der Waals surface area contributed by atoms with Gasteiger partial charge in [0.15, 0.2) is 0 Å². The number of likely N-dealkylation sites (N-methyl/N-ethyl adjacent to an activating group) is 1. The van der Waals surface area contributed by atoms with Crippen molar-refractivity contribution in [3.05, 3.63) is 0 Å². The van der Waals surface area contributed by atoms with Gasteiger partial charge >= 0.3 is 0 Å². The molecule has 0 bridgehead atoms. The molecule has 3 heteroatoms. The average Bonchev–Trinajstić information content (AvgIpc) is 2.18. The average molecular weight is 230 g/mol. The molecule has 0 saturated carbocycles. The van der Waals surface area contributed by atoms with Crippen LogP contribution in [0.3, 0.4) is 0 Å². The van der Waals surface area contributed by atoms with Crippen LogP contribution < -0.4 is 5.32 Å². The van der Waals surface area contributed by atoms with Crippen LogP contribution in [0, 0.1) is 5.92 Å². The summed E-state index contributed by atoms with van der Waals surface area (Å²) in [6.45, 7) is 14.0. The number of rotatable bonds is 5. The summed E-state index contributed by atoms with van der Waals surface area (Å²) in [7, 11) is 0. The first-order valence-electron chi connectivity index (χ1n) is 6.21. The van der Waals surface area contributed by atoms with Crippen LogP contribution in [0.2, 0.25) is 0 Å². The maximum absolute atomic E-state index is 3.49. The van der Waals surface area contributed by atoms with Crippen molar-refractivity contribution < 1.29 is 0 Å². The van der Waals surface area contributed by atoms with Crippen molar-refractivity contribution in [2.75, 3.05) is 31.9 Å². The first kappa shape index (κ1) is 13.3. The van der Waals surface area contributed by atoms with Crippen molar-refractivity contribution in [3.63, 3.8) is 0 Å². The first-order valence-corrected chi connectivity index (χ1v) is 7.26. The van der Waals surface area contributed by atoms with Gasteiger partial charge in [0.1, 0.15) is 0 Å². The van der Waals surface area contributed by atoms with Crippen LogP contribution >= 0.6 is 11.8 Å². The third kappa shape index (κ3) is 4.33. The second kappa shape index (κ2) is 6.77. The molecule has 0 aromatic carbocycles. The smallest absolute Gasteiger partial charge is 0.0244 e. The fourth-order valence-corrected chi connectivity index (χ4v) is 3.26. The molecule has 0 aliphatic carbocycles. The Balaban J connectivity index is 2.46. The van der Waals surface area contributed by atoms with Gasteiger partial charge in [-0.05, 0) is 12.5 Å². The second-order valence-corrected chi connectivity index (χ2v) is 6.34. The molecule has 0 amide bonds. The lowest BCUT2D eigenvalue weighted by molar-refractivity contribution is 0.158. The predicted octanol–water partition coefficient (Wildman–Crippen LogP) is 2.06. The van der Waals surface area contributed by atoms with Gasteiger partial charge in [-0.25, -0.2) is 0 Å². The lowest BCUT2D eigenvalue weighted by Crippen LogP contribution is -2.50. The SMILES string of the molecule is CCNCC(C(C)C)N1CCSC(C)C1. The van der Waals surface area contributed by atoms with Gasteiger partial charge in [-0.1, -0.05) is 27.7 Å².